The van der Waals surface area contributed by atoms with E-state index in [9.17, 15) is 18.0 Å². The fourth-order valence-corrected chi connectivity index (χ4v) is 3.04. The third kappa shape index (κ3) is 5.49. The number of hydrogen-bond acceptors (Lipinski definition) is 5. The number of carbonyl (C=O) groups excluding carboxylic acids is 1. The number of esters is 1. The number of nitrogens with one attached hydrogen (secondary N) is 1. The lowest BCUT2D eigenvalue weighted by Gasteiger charge is -2.21. The molecule has 0 saturated carbocycles. The minimum Gasteiger partial charge on any atom is -0.475 e. The number of carbonyl (C=O) groups is 1. The van der Waals surface area contributed by atoms with Crippen molar-refractivity contribution in [2.45, 2.75) is 20.0 Å². The maximum atomic E-state index is 13.0. The van der Waals surface area contributed by atoms with Crippen LogP contribution in [0.5, 0.6) is 5.88 Å². The highest BCUT2D eigenvalue weighted by molar-refractivity contribution is 5.82. The van der Waals surface area contributed by atoms with Crippen LogP contribution in [0.25, 0.3) is 0 Å². The van der Waals surface area contributed by atoms with E-state index < -0.39 is 17.6 Å². The minimum atomic E-state index is -4.53. The van der Waals surface area contributed by atoms with Crippen molar-refractivity contribution in [3.63, 3.8) is 0 Å². The number of nitrogens with zero attached hydrogens (tertiary/aromatic N) is 3. The first-order valence-electron chi connectivity index (χ1n) is 9.04. The maximum absolute atomic E-state index is 13.0. The topological polar surface area (TPSA) is 76.1 Å². The smallest absolute Gasteiger partial charge is 0.421 e. The molecular formula is C18H25F3N4O3. The van der Waals surface area contributed by atoms with Gasteiger partial charge in [0.25, 0.3) is 0 Å². The predicted molar refractivity (Wildman–Crippen MR) is 97.0 cm³/mol. The van der Waals surface area contributed by atoms with Crippen LogP contribution in [0.15, 0.2) is 23.3 Å². The zero-order valence-corrected chi connectivity index (χ0v) is 16.1. The van der Waals surface area contributed by atoms with Gasteiger partial charge in [-0.05, 0) is 25.0 Å². The summed E-state index contributed by atoms with van der Waals surface area (Å²) in [7, 11) is 1.36. The third-order valence-electron chi connectivity index (χ3n) is 4.42. The summed E-state index contributed by atoms with van der Waals surface area (Å²) < 4.78 is 48.9. The Morgan fingerprint density at radius 2 is 2.18 bits per heavy atom. The van der Waals surface area contributed by atoms with Gasteiger partial charge in [0.05, 0.1) is 19.6 Å². The summed E-state index contributed by atoms with van der Waals surface area (Å²) in [6, 6.07) is 2.14. The molecule has 1 aromatic heterocycles. The SMILES string of the molecule is CCNC(=NCCOc1ncccc1C(F)(F)F)N1CC(C)C(C(=O)OC)C1. The van der Waals surface area contributed by atoms with Crippen molar-refractivity contribution in [2.24, 2.45) is 16.8 Å². The number of likely N-dealkylation sites (tertiary alicyclic amines) is 1. The Morgan fingerprint density at radius 3 is 2.82 bits per heavy atom. The number of rotatable bonds is 6. The van der Waals surface area contributed by atoms with Crippen LogP contribution in [0.2, 0.25) is 0 Å². The van der Waals surface area contributed by atoms with Crippen LogP contribution >= 0.6 is 0 Å². The van der Waals surface area contributed by atoms with Crippen LogP contribution < -0.4 is 10.1 Å². The van der Waals surface area contributed by atoms with E-state index in [0.29, 0.717) is 25.6 Å². The summed E-state index contributed by atoms with van der Waals surface area (Å²) >= 11 is 0. The molecule has 1 aliphatic heterocycles. The van der Waals surface area contributed by atoms with Crippen molar-refractivity contribution in [1.82, 2.24) is 15.2 Å². The number of aliphatic imine (C=N–C) groups is 1. The quantitative estimate of drug-likeness (QED) is 0.340. The van der Waals surface area contributed by atoms with E-state index in [1.165, 1.54) is 19.4 Å². The molecule has 2 heterocycles. The summed E-state index contributed by atoms with van der Waals surface area (Å²) in [5, 5.41) is 3.13. The molecule has 1 saturated heterocycles. The van der Waals surface area contributed by atoms with Crippen molar-refractivity contribution in [2.75, 3.05) is 39.9 Å². The highest BCUT2D eigenvalue weighted by atomic mass is 19.4. The van der Waals surface area contributed by atoms with Crippen LogP contribution in [0, 0.1) is 11.8 Å². The number of ether oxygens (including phenoxy) is 2. The second-order valence-corrected chi connectivity index (χ2v) is 6.45. The number of pyridine rings is 1. The van der Waals surface area contributed by atoms with Gasteiger partial charge in [-0.2, -0.15) is 13.2 Å². The van der Waals surface area contributed by atoms with Crippen LogP contribution in [-0.2, 0) is 15.7 Å². The van der Waals surface area contributed by atoms with Gasteiger partial charge in [0, 0.05) is 25.8 Å². The first-order chi connectivity index (χ1) is 13.3. The number of methoxy groups -OCH3 is 1. The van der Waals surface area contributed by atoms with E-state index >= 15 is 0 Å². The van der Waals surface area contributed by atoms with Gasteiger partial charge in [0.15, 0.2) is 5.96 Å². The van der Waals surface area contributed by atoms with E-state index in [1.54, 1.807) is 0 Å². The molecule has 1 N–H and O–H groups in total. The highest BCUT2D eigenvalue weighted by Gasteiger charge is 2.37. The summed E-state index contributed by atoms with van der Waals surface area (Å²) in [5.74, 6) is -0.274. The van der Waals surface area contributed by atoms with E-state index in [1.807, 2.05) is 18.7 Å². The molecule has 2 rings (SSSR count). The first kappa shape index (κ1) is 21.8. The van der Waals surface area contributed by atoms with Gasteiger partial charge in [-0.15, -0.1) is 0 Å². The Bertz CT molecular complexity index is 697. The maximum Gasteiger partial charge on any atom is 0.421 e. The Hall–Kier alpha value is -2.52. The summed E-state index contributed by atoms with van der Waals surface area (Å²) in [6.07, 6.45) is -3.28. The Labute approximate surface area is 161 Å². The Balaban J connectivity index is 1.98. The van der Waals surface area contributed by atoms with Gasteiger partial charge in [-0.3, -0.25) is 4.79 Å². The standard InChI is InChI=1S/C18H25F3N4O3/c1-4-22-17(25-10-12(2)13(11-25)16(26)27-3)24-8-9-28-15-14(18(19,20)21)6-5-7-23-15/h5-7,12-13H,4,8-11H2,1-3H3,(H,22,24). The summed E-state index contributed by atoms with van der Waals surface area (Å²) in [6.45, 7) is 5.68. The van der Waals surface area contributed by atoms with Gasteiger partial charge in [-0.1, -0.05) is 6.92 Å². The lowest BCUT2D eigenvalue weighted by molar-refractivity contribution is -0.146. The molecule has 7 nitrogen and oxygen atoms in total. The summed E-state index contributed by atoms with van der Waals surface area (Å²) in [5.41, 5.74) is -0.917. The van der Waals surface area contributed by atoms with Crippen molar-refractivity contribution >= 4 is 11.9 Å². The van der Waals surface area contributed by atoms with Gasteiger partial charge in [0.2, 0.25) is 5.88 Å². The number of aromatic nitrogens is 1. The van der Waals surface area contributed by atoms with E-state index in [2.05, 4.69) is 15.3 Å². The van der Waals surface area contributed by atoms with Crippen LogP contribution in [0.1, 0.15) is 19.4 Å². The highest BCUT2D eigenvalue weighted by Crippen LogP contribution is 2.34. The van der Waals surface area contributed by atoms with Crippen LogP contribution in [-0.4, -0.2) is 61.7 Å². The molecule has 0 amide bonds. The van der Waals surface area contributed by atoms with Gasteiger partial charge < -0.3 is 19.7 Å². The molecule has 1 aromatic rings. The molecule has 1 aliphatic rings. The molecule has 0 radical (unpaired) electrons. The molecule has 28 heavy (non-hydrogen) atoms. The largest absolute Gasteiger partial charge is 0.475 e. The number of hydrogen-bond donors (Lipinski definition) is 1. The van der Waals surface area contributed by atoms with Crippen molar-refractivity contribution in [3.05, 3.63) is 23.9 Å². The second kappa shape index (κ2) is 9.61. The number of halogens is 3. The molecule has 0 spiro atoms. The molecule has 1 fully saturated rings. The molecule has 2 atom stereocenters. The zero-order chi connectivity index (χ0) is 20.7. The fraction of sp³-hybridized carbons (Fsp3) is 0.611. The Morgan fingerprint density at radius 1 is 1.43 bits per heavy atom. The molecule has 0 aliphatic carbocycles. The van der Waals surface area contributed by atoms with Crippen LogP contribution in [0.4, 0.5) is 13.2 Å². The molecule has 10 heteroatoms. The Kier molecular flexibility index (Phi) is 7.47. The van der Waals surface area contributed by atoms with Gasteiger partial charge >= 0.3 is 12.1 Å². The van der Waals surface area contributed by atoms with E-state index in [4.69, 9.17) is 9.47 Å². The van der Waals surface area contributed by atoms with Crippen LogP contribution in [0.3, 0.4) is 0 Å². The lowest BCUT2D eigenvalue weighted by Crippen LogP contribution is -2.41. The predicted octanol–water partition coefficient (Wildman–Crippen LogP) is 2.19. The first-order valence-corrected chi connectivity index (χ1v) is 9.04. The molecular weight excluding hydrogens is 377 g/mol. The van der Waals surface area contributed by atoms with Crippen molar-refractivity contribution in [3.8, 4) is 5.88 Å². The third-order valence-corrected chi connectivity index (χ3v) is 4.42. The molecule has 156 valence electrons. The normalized spacial score (nSPS) is 20.2. The van der Waals surface area contributed by atoms with Crippen molar-refractivity contribution in [1.29, 1.82) is 0 Å². The second-order valence-electron chi connectivity index (χ2n) is 6.45. The average molecular weight is 402 g/mol. The van der Waals surface area contributed by atoms with E-state index in [-0.39, 0.29) is 31.0 Å². The minimum absolute atomic E-state index is 0.0567. The summed E-state index contributed by atoms with van der Waals surface area (Å²) in [4.78, 5) is 21.9. The van der Waals surface area contributed by atoms with Gasteiger partial charge in [0.1, 0.15) is 12.2 Å². The number of guanidine groups is 1. The molecule has 0 aromatic carbocycles. The molecule has 2 unspecified atom stereocenters. The lowest BCUT2D eigenvalue weighted by atomic mass is 9.99. The van der Waals surface area contributed by atoms with Crippen molar-refractivity contribution < 1.29 is 27.4 Å². The fourth-order valence-electron chi connectivity index (χ4n) is 3.04. The zero-order valence-electron chi connectivity index (χ0n) is 16.1. The monoisotopic (exact) mass is 402 g/mol. The van der Waals surface area contributed by atoms with Gasteiger partial charge in [-0.25, -0.2) is 9.98 Å². The number of alkyl halides is 3. The van der Waals surface area contributed by atoms with E-state index in [0.717, 1.165) is 6.07 Å². The molecule has 0 bridgehead atoms. The average Bonchev–Trinajstić information content (AvgIpc) is 3.04.